The van der Waals surface area contributed by atoms with E-state index < -0.39 is 0 Å². The van der Waals surface area contributed by atoms with Crippen molar-refractivity contribution in [2.24, 2.45) is 5.92 Å². The first-order valence-electron chi connectivity index (χ1n) is 10.9. The van der Waals surface area contributed by atoms with Gasteiger partial charge in [-0.15, -0.1) is 5.10 Å². The molecule has 4 aliphatic rings. The molecule has 0 aromatic carbocycles. The molecule has 158 valence electrons. The maximum atomic E-state index is 12.7. The second-order valence-corrected chi connectivity index (χ2v) is 8.73. The zero-order valence-electron chi connectivity index (χ0n) is 16.9. The van der Waals surface area contributed by atoms with Crippen molar-refractivity contribution >= 4 is 5.91 Å². The summed E-state index contributed by atoms with van der Waals surface area (Å²) in [6, 6.07) is 0. The van der Waals surface area contributed by atoms with Crippen LogP contribution in [0.4, 0.5) is 0 Å². The monoisotopic (exact) mass is 402 g/mol. The Bertz CT molecular complexity index is 755. The van der Waals surface area contributed by atoms with Crippen LogP contribution in [0.5, 0.6) is 0 Å². The Hall–Kier alpha value is -1.77. The number of piperidine rings is 1. The number of fused-ring (bicyclic) bond motifs is 1. The van der Waals surface area contributed by atoms with Crippen LogP contribution in [0.2, 0.25) is 0 Å². The number of aromatic nitrogens is 3. The first-order chi connectivity index (χ1) is 14.2. The molecule has 3 aliphatic heterocycles. The molecule has 4 heterocycles. The van der Waals surface area contributed by atoms with Crippen molar-refractivity contribution in [2.45, 2.75) is 70.0 Å². The number of likely N-dealkylation sites (tertiary alicyclic amines) is 1. The van der Waals surface area contributed by atoms with Gasteiger partial charge in [0.05, 0.1) is 43.8 Å². The van der Waals surface area contributed by atoms with E-state index in [0.29, 0.717) is 32.3 Å². The molecule has 0 N–H and O–H groups in total. The van der Waals surface area contributed by atoms with Crippen LogP contribution in [-0.4, -0.2) is 63.8 Å². The quantitative estimate of drug-likeness (QED) is 0.700. The van der Waals surface area contributed by atoms with Gasteiger partial charge in [0.2, 0.25) is 5.91 Å². The SMILES string of the molecule is O=C(C1CC=CC1)N1CCC2(CC1)Cn1nnc(COCC3CCCO3)c1CO2. The molecule has 1 aromatic rings. The van der Waals surface area contributed by atoms with E-state index in [-0.39, 0.29) is 17.6 Å². The number of rotatable bonds is 5. The lowest BCUT2D eigenvalue weighted by Gasteiger charge is -2.44. The molecule has 0 radical (unpaired) electrons. The number of amides is 1. The Morgan fingerprint density at radius 2 is 2.10 bits per heavy atom. The van der Waals surface area contributed by atoms with E-state index in [1.54, 1.807) is 0 Å². The normalized spacial score (nSPS) is 26.3. The molecular formula is C21H30N4O4. The molecule has 5 rings (SSSR count). The Morgan fingerprint density at radius 1 is 1.28 bits per heavy atom. The summed E-state index contributed by atoms with van der Waals surface area (Å²) >= 11 is 0. The van der Waals surface area contributed by atoms with E-state index in [1.165, 1.54) is 0 Å². The topological polar surface area (TPSA) is 78.7 Å². The predicted octanol–water partition coefficient (Wildman–Crippen LogP) is 1.83. The number of carbonyl (C=O) groups excluding carboxylic acids is 1. The lowest BCUT2D eigenvalue weighted by Crippen LogP contribution is -2.52. The van der Waals surface area contributed by atoms with Gasteiger partial charge in [-0.05, 0) is 38.5 Å². The molecule has 1 unspecified atom stereocenters. The maximum Gasteiger partial charge on any atom is 0.226 e. The second-order valence-electron chi connectivity index (χ2n) is 8.73. The van der Waals surface area contributed by atoms with Crippen LogP contribution in [-0.2, 0) is 38.8 Å². The van der Waals surface area contributed by atoms with Crippen molar-refractivity contribution in [3.63, 3.8) is 0 Å². The molecular weight excluding hydrogens is 372 g/mol. The van der Waals surface area contributed by atoms with Gasteiger partial charge < -0.3 is 19.1 Å². The van der Waals surface area contributed by atoms with Crippen LogP contribution >= 0.6 is 0 Å². The molecule has 29 heavy (non-hydrogen) atoms. The van der Waals surface area contributed by atoms with Crippen molar-refractivity contribution in [3.05, 3.63) is 23.5 Å². The summed E-state index contributed by atoms with van der Waals surface area (Å²) in [5, 5.41) is 8.69. The average Bonchev–Trinajstić information content (AvgIpc) is 3.51. The van der Waals surface area contributed by atoms with Gasteiger partial charge in [0.25, 0.3) is 0 Å². The first kappa shape index (κ1) is 19.2. The molecule has 1 spiro atoms. The Morgan fingerprint density at radius 3 is 2.86 bits per heavy atom. The van der Waals surface area contributed by atoms with Crippen LogP contribution in [0.3, 0.4) is 0 Å². The Labute approximate surface area is 171 Å². The van der Waals surface area contributed by atoms with Crippen molar-refractivity contribution in [3.8, 4) is 0 Å². The highest BCUT2D eigenvalue weighted by atomic mass is 16.5. The smallest absolute Gasteiger partial charge is 0.226 e. The highest BCUT2D eigenvalue weighted by molar-refractivity contribution is 5.79. The summed E-state index contributed by atoms with van der Waals surface area (Å²) in [6.45, 7) is 4.63. The molecule has 1 atom stereocenters. The van der Waals surface area contributed by atoms with Gasteiger partial charge in [0, 0.05) is 25.6 Å². The number of carbonyl (C=O) groups is 1. The van der Waals surface area contributed by atoms with E-state index >= 15 is 0 Å². The summed E-state index contributed by atoms with van der Waals surface area (Å²) in [7, 11) is 0. The fourth-order valence-corrected chi connectivity index (χ4v) is 4.88. The zero-order valence-corrected chi connectivity index (χ0v) is 16.9. The minimum Gasteiger partial charge on any atom is -0.376 e. The van der Waals surface area contributed by atoms with Crippen molar-refractivity contribution in [1.82, 2.24) is 19.9 Å². The Kier molecular flexibility index (Phi) is 5.41. The van der Waals surface area contributed by atoms with Gasteiger partial charge in [0.1, 0.15) is 5.69 Å². The summed E-state index contributed by atoms with van der Waals surface area (Å²) in [6.07, 6.45) is 10.1. The fourth-order valence-electron chi connectivity index (χ4n) is 4.88. The first-order valence-corrected chi connectivity index (χ1v) is 10.9. The van der Waals surface area contributed by atoms with E-state index in [0.717, 1.165) is 69.6 Å². The molecule has 8 heteroatoms. The lowest BCUT2D eigenvalue weighted by molar-refractivity contribution is -0.149. The third-order valence-electron chi connectivity index (χ3n) is 6.78. The van der Waals surface area contributed by atoms with Crippen LogP contribution in [0, 0.1) is 5.92 Å². The van der Waals surface area contributed by atoms with Gasteiger partial charge in [-0.2, -0.15) is 0 Å². The van der Waals surface area contributed by atoms with Crippen LogP contribution in [0.15, 0.2) is 12.2 Å². The van der Waals surface area contributed by atoms with Gasteiger partial charge in [-0.3, -0.25) is 4.79 Å². The lowest BCUT2D eigenvalue weighted by atomic mass is 9.89. The predicted molar refractivity (Wildman–Crippen MR) is 104 cm³/mol. The minimum atomic E-state index is -0.235. The number of ether oxygens (including phenoxy) is 3. The molecule has 0 bridgehead atoms. The van der Waals surface area contributed by atoms with Gasteiger partial charge in [-0.1, -0.05) is 17.4 Å². The third-order valence-corrected chi connectivity index (χ3v) is 6.78. The van der Waals surface area contributed by atoms with E-state index in [1.807, 2.05) is 9.58 Å². The van der Waals surface area contributed by atoms with Crippen LogP contribution in [0.25, 0.3) is 0 Å². The van der Waals surface area contributed by atoms with Gasteiger partial charge in [0.15, 0.2) is 0 Å². The molecule has 2 fully saturated rings. The van der Waals surface area contributed by atoms with E-state index in [4.69, 9.17) is 14.2 Å². The standard InChI is InChI=1S/C21H30N4O4/c26-20(16-4-1-2-5-16)24-9-7-21(8-10-24)15-25-19(14-29-21)18(22-23-25)13-27-12-17-6-3-11-28-17/h1-2,16-17H,3-15H2. The molecule has 1 amide bonds. The van der Waals surface area contributed by atoms with Gasteiger partial charge >= 0.3 is 0 Å². The summed E-state index contributed by atoms with van der Waals surface area (Å²) < 4.78 is 19.7. The molecule has 1 aliphatic carbocycles. The number of hydrogen-bond acceptors (Lipinski definition) is 6. The number of hydrogen-bond donors (Lipinski definition) is 0. The second kappa shape index (κ2) is 8.16. The maximum absolute atomic E-state index is 12.7. The third kappa shape index (κ3) is 3.98. The van der Waals surface area contributed by atoms with Crippen molar-refractivity contribution in [1.29, 1.82) is 0 Å². The van der Waals surface area contributed by atoms with Crippen molar-refractivity contribution < 1.29 is 19.0 Å². The van der Waals surface area contributed by atoms with Crippen LogP contribution in [0.1, 0.15) is 49.9 Å². The molecule has 1 aromatic heterocycles. The van der Waals surface area contributed by atoms with E-state index in [2.05, 4.69) is 22.5 Å². The molecule has 2 saturated heterocycles. The summed E-state index contributed by atoms with van der Waals surface area (Å²) in [4.78, 5) is 14.7. The molecule has 0 saturated carbocycles. The average molecular weight is 402 g/mol. The van der Waals surface area contributed by atoms with Crippen LogP contribution < -0.4 is 0 Å². The summed E-state index contributed by atoms with van der Waals surface area (Å²) in [5.41, 5.74) is 1.64. The van der Waals surface area contributed by atoms with E-state index in [9.17, 15) is 4.79 Å². The van der Waals surface area contributed by atoms with Crippen molar-refractivity contribution in [2.75, 3.05) is 26.3 Å². The zero-order chi connectivity index (χ0) is 19.7. The molecule has 8 nitrogen and oxygen atoms in total. The van der Waals surface area contributed by atoms with Gasteiger partial charge in [-0.25, -0.2) is 4.68 Å². The highest BCUT2D eigenvalue weighted by Gasteiger charge is 2.42. The minimum absolute atomic E-state index is 0.149. The summed E-state index contributed by atoms with van der Waals surface area (Å²) in [5.74, 6) is 0.447. The number of allylic oxidation sites excluding steroid dienone is 2. The number of nitrogens with zero attached hydrogens (tertiary/aromatic N) is 4. The fraction of sp³-hybridized carbons (Fsp3) is 0.762. The Balaban J connectivity index is 1.14. The highest BCUT2D eigenvalue weighted by Crippen LogP contribution is 2.34. The largest absolute Gasteiger partial charge is 0.376 e.